The summed E-state index contributed by atoms with van der Waals surface area (Å²) >= 11 is 0. The number of anilines is 1. The number of urea groups is 1. The summed E-state index contributed by atoms with van der Waals surface area (Å²) in [4.78, 5) is 21.0. The van der Waals surface area contributed by atoms with Gasteiger partial charge in [-0.2, -0.15) is 13.2 Å². The van der Waals surface area contributed by atoms with E-state index in [1.807, 2.05) is 35.7 Å². The predicted octanol–water partition coefficient (Wildman–Crippen LogP) is 4.45. The lowest BCUT2D eigenvalue weighted by atomic mass is 10.1. The van der Waals surface area contributed by atoms with Gasteiger partial charge in [-0.05, 0) is 30.7 Å². The van der Waals surface area contributed by atoms with E-state index in [0.29, 0.717) is 17.8 Å². The van der Waals surface area contributed by atoms with Gasteiger partial charge < -0.3 is 15.5 Å². The summed E-state index contributed by atoms with van der Waals surface area (Å²) in [5, 5.41) is 8.19. The minimum Gasteiger partial charge on any atom is -0.399 e. The molecule has 2 heterocycles. The van der Waals surface area contributed by atoms with E-state index in [2.05, 4.69) is 15.5 Å². The number of rotatable bonds is 6. The first-order valence-electron chi connectivity index (χ1n) is 9.10. The van der Waals surface area contributed by atoms with Gasteiger partial charge in [0.2, 0.25) is 0 Å². The van der Waals surface area contributed by atoms with E-state index in [-0.39, 0.29) is 0 Å². The normalized spacial score (nSPS) is 12.1. The van der Waals surface area contributed by atoms with Gasteiger partial charge in [0, 0.05) is 23.0 Å². The number of hydrogen-bond acceptors (Lipinski definition) is 4. The second-order valence-electron chi connectivity index (χ2n) is 6.36. The maximum absolute atomic E-state index is 12.2. The lowest BCUT2D eigenvalue weighted by Crippen LogP contribution is -2.36. The van der Waals surface area contributed by atoms with Crippen molar-refractivity contribution in [3.63, 3.8) is 0 Å². The number of pyridine rings is 1. The summed E-state index contributed by atoms with van der Waals surface area (Å²) in [6, 6.07) is 9.62. The van der Waals surface area contributed by atoms with Gasteiger partial charge in [-0.25, -0.2) is 9.78 Å². The molecule has 7 nitrogen and oxygen atoms in total. The standard InChI is InChI=1S/C20H20F3N5O2/c1-3-16(27-30-2)13-7-8-28-17(11-24-18(28)10-13)14-5-4-6-15(9-14)26-19(29)25-12-20(21,22)23/h4-11H,3,12H2,1-2H3,(H2,25,26,29)/b27-16+. The Morgan fingerprint density at radius 2 is 2.07 bits per heavy atom. The maximum atomic E-state index is 12.2. The number of nitrogens with one attached hydrogen (secondary N) is 2. The van der Waals surface area contributed by atoms with Gasteiger partial charge in [0.1, 0.15) is 19.3 Å². The third-order valence-corrected chi connectivity index (χ3v) is 4.25. The Balaban J connectivity index is 1.83. The Hall–Kier alpha value is -3.56. The first-order chi connectivity index (χ1) is 14.3. The highest BCUT2D eigenvalue weighted by atomic mass is 19.4. The van der Waals surface area contributed by atoms with Gasteiger partial charge in [-0.15, -0.1) is 0 Å². The zero-order chi connectivity index (χ0) is 21.7. The highest BCUT2D eigenvalue weighted by Gasteiger charge is 2.27. The number of aromatic nitrogens is 2. The van der Waals surface area contributed by atoms with Crippen molar-refractivity contribution in [3.8, 4) is 11.3 Å². The van der Waals surface area contributed by atoms with E-state index in [1.165, 1.54) is 7.11 Å². The molecule has 0 saturated carbocycles. The fraction of sp³-hybridized carbons (Fsp3) is 0.250. The Labute approximate surface area is 170 Å². The molecule has 2 N–H and O–H groups in total. The van der Waals surface area contributed by atoms with Crippen LogP contribution in [0.2, 0.25) is 0 Å². The van der Waals surface area contributed by atoms with E-state index < -0.39 is 18.8 Å². The molecule has 2 amide bonds. The zero-order valence-corrected chi connectivity index (χ0v) is 16.3. The van der Waals surface area contributed by atoms with Crippen LogP contribution in [0.3, 0.4) is 0 Å². The monoisotopic (exact) mass is 419 g/mol. The third kappa shape index (κ3) is 5.07. The number of imidazole rings is 1. The van der Waals surface area contributed by atoms with E-state index in [1.54, 1.807) is 29.7 Å². The summed E-state index contributed by atoms with van der Waals surface area (Å²) in [7, 11) is 1.49. The second-order valence-corrected chi connectivity index (χ2v) is 6.36. The highest BCUT2D eigenvalue weighted by molar-refractivity contribution is 6.00. The first-order valence-corrected chi connectivity index (χ1v) is 9.10. The van der Waals surface area contributed by atoms with Crippen molar-refractivity contribution in [3.05, 3.63) is 54.4 Å². The minimum absolute atomic E-state index is 0.360. The van der Waals surface area contributed by atoms with Crippen LogP contribution in [0.5, 0.6) is 0 Å². The Bertz CT molecular complexity index is 1080. The molecule has 10 heteroatoms. The van der Waals surface area contributed by atoms with Crippen LogP contribution in [0, 0.1) is 0 Å². The molecule has 3 aromatic rings. The summed E-state index contributed by atoms with van der Waals surface area (Å²) in [5.41, 5.74) is 4.24. The number of oxime groups is 1. The van der Waals surface area contributed by atoms with Crippen molar-refractivity contribution in [2.45, 2.75) is 19.5 Å². The molecule has 1 aromatic carbocycles. The lowest BCUT2D eigenvalue weighted by molar-refractivity contribution is -0.122. The van der Waals surface area contributed by atoms with Crippen molar-refractivity contribution in [2.75, 3.05) is 19.0 Å². The molecule has 3 rings (SSSR count). The Morgan fingerprint density at radius 3 is 2.77 bits per heavy atom. The summed E-state index contributed by atoms with van der Waals surface area (Å²) in [5.74, 6) is 0. The fourth-order valence-electron chi connectivity index (χ4n) is 2.92. The predicted molar refractivity (Wildman–Crippen MR) is 108 cm³/mol. The number of hydrogen-bond donors (Lipinski definition) is 2. The van der Waals surface area contributed by atoms with Crippen LogP contribution in [-0.2, 0) is 4.84 Å². The molecular formula is C20H20F3N5O2. The van der Waals surface area contributed by atoms with Gasteiger partial charge in [-0.1, -0.05) is 24.2 Å². The van der Waals surface area contributed by atoms with Crippen LogP contribution in [-0.4, -0.2) is 41.0 Å². The zero-order valence-electron chi connectivity index (χ0n) is 16.3. The Morgan fingerprint density at radius 1 is 1.27 bits per heavy atom. The largest absolute Gasteiger partial charge is 0.405 e. The first kappa shape index (κ1) is 21.2. The van der Waals surface area contributed by atoms with E-state index in [4.69, 9.17) is 4.84 Å². The smallest absolute Gasteiger partial charge is 0.399 e. The Kier molecular flexibility index (Phi) is 6.24. The van der Waals surface area contributed by atoms with Gasteiger partial charge in [-0.3, -0.25) is 4.40 Å². The van der Waals surface area contributed by atoms with Crippen molar-refractivity contribution < 1.29 is 22.8 Å². The number of carbonyl (C=O) groups excluding carboxylic acids is 1. The molecular weight excluding hydrogens is 399 g/mol. The van der Waals surface area contributed by atoms with Crippen LogP contribution in [0.25, 0.3) is 16.9 Å². The fourth-order valence-corrected chi connectivity index (χ4v) is 2.92. The number of fused-ring (bicyclic) bond motifs is 1. The van der Waals surface area contributed by atoms with Gasteiger partial charge in [0.15, 0.2) is 0 Å². The number of amides is 2. The van der Waals surface area contributed by atoms with Crippen molar-refractivity contribution in [1.29, 1.82) is 0 Å². The number of carbonyl (C=O) groups is 1. The van der Waals surface area contributed by atoms with E-state index in [9.17, 15) is 18.0 Å². The van der Waals surface area contributed by atoms with E-state index in [0.717, 1.165) is 22.5 Å². The van der Waals surface area contributed by atoms with Gasteiger partial charge in [0.25, 0.3) is 0 Å². The molecule has 30 heavy (non-hydrogen) atoms. The second kappa shape index (κ2) is 8.85. The molecule has 0 saturated heterocycles. The van der Waals surface area contributed by atoms with Crippen LogP contribution >= 0.6 is 0 Å². The average Bonchev–Trinajstić information content (AvgIpc) is 3.13. The number of alkyl halides is 3. The van der Waals surface area contributed by atoms with Crippen LogP contribution < -0.4 is 10.6 Å². The molecule has 0 atom stereocenters. The molecule has 0 fully saturated rings. The van der Waals surface area contributed by atoms with E-state index >= 15 is 0 Å². The molecule has 0 aliphatic carbocycles. The van der Waals surface area contributed by atoms with Crippen LogP contribution in [0.15, 0.2) is 53.9 Å². The molecule has 0 radical (unpaired) electrons. The van der Waals surface area contributed by atoms with Crippen molar-refractivity contribution >= 4 is 23.1 Å². The van der Waals surface area contributed by atoms with Gasteiger partial charge >= 0.3 is 12.2 Å². The summed E-state index contributed by atoms with van der Waals surface area (Å²) in [6.07, 6.45) is -0.243. The molecule has 0 unspecified atom stereocenters. The summed E-state index contributed by atoms with van der Waals surface area (Å²) < 4.78 is 38.6. The van der Waals surface area contributed by atoms with Gasteiger partial charge in [0.05, 0.1) is 17.6 Å². The lowest BCUT2D eigenvalue weighted by Gasteiger charge is -2.11. The van der Waals surface area contributed by atoms with Crippen LogP contribution in [0.4, 0.5) is 23.7 Å². The minimum atomic E-state index is -4.47. The van der Waals surface area contributed by atoms with Crippen LogP contribution in [0.1, 0.15) is 18.9 Å². The quantitative estimate of drug-likeness (QED) is 0.458. The molecule has 158 valence electrons. The number of halogens is 3. The number of nitrogens with zero attached hydrogens (tertiary/aromatic N) is 3. The number of benzene rings is 1. The molecule has 0 spiro atoms. The topological polar surface area (TPSA) is 80.0 Å². The molecule has 0 bridgehead atoms. The molecule has 0 aliphatic rings. The van der Waals surface area contributed by atoms with Crippen molar-refractivity contribution in [1.82, 2.24) is 14.7 Å². The maximum Gasteiger partial charge on any atom is 0.405 e. The molecule has 2 aromatic heterocycles. The molecule has 0 aliphatic heterocycles. The summed E-state index contributed by atoms with van der Waals surface area (Å²) in [6.45, 7) is 0.572. The highest BCUT2D eigenvalue weighted by Crippen LogP contribution is 2.24. The van der Waals surface area contributed by atoms with Crippen molar-refractivity contribution in [2.24, 2.45) is 5.16 Å². The SMILES string of the molecule is CC/C(=N\OC)c1ccn2c(-c3cccc(NC(=O)NCC(F)(F)F)c3)cnc2c1. The average molecular weight is 419 g/mol. The third-order valence-electron chi connectivity index (χ3n) is 4.25.